The summed E-state index contributed by atoms with van der Waals surface area (Å²) in [5.74, 6) is 0.228. The van der Waals surface area contributed by atoms with Gasteiger partial charge in [-0.15, -0.1) is 0 Å². The molecule has 2 aliphatic rings. The number of carbonyl (C=O) groups is 1. The second-order valence-corrected chi connectivity index (χ2v) is 9.53. The maximum absolute atomic E-state index is 12.8. The van der Waals surface area contributed by atoms with E-state index in [1.165, 1.54) is 10.4 Å². The molecule has 0 unspecified atom stereocenters. The van der Waals surface area contributed by atoms with Crippen LogP contribution in [0.15, 0.2) is 27.6 Å². The van der Waals surface area contributed by atoms with Gasteiger partial charge in [-0.2, -0.15) is 4.31 Å². The van der Waals surface area contributed by atoms with E-state index in [1.54, 1.807) is 12.1 Å². The Bertz CT molecular complexity index is 751. The van der Waals surface area contributed by atoms with Gasteiger partial charge >= 0.3 is 0 Å². The minimum atomic E-state index is -3.58. The van der Waals surface area contributed by atoms with Crippen LogP contribution in [0.1, 0.15) is 12.8 Å². The first-order chi connectivity index (χ1) is 11.9. The monoisotopic (exact) mass is 449 g/mol. The van der Waals surface area contributed by atoms with Crippen molar-refractivity contribution in [1.29, 1.82) is 0 Å². The quantitative estimate of drug-likeness (QED) is 0.689. The van der Waals surface area contributed by atoms with Crippen molar-refractivity contribution in [1.82, 2.24) is 14.1 Å². The Kier molecular flexibility index (Phi) is 6.05. The van der Waals surface area contributed by atoms with Gasteiger partial charge in [-0.3, -0.25) is 9.69 Å². The van der Waals surface area contributed by atoms with Crippen molar-refractivity contribution >= 4 is 43.5 Å². The van der Waals surface area contributed by atoms with E-state index in [4.69, 9.17) is 11.6 Å². The van der Waals surface area contributed by atoms with Gasteiger partial charge in [0.2, 0.25) is 15.9 Å². The molecule has 0 atom stereocenters. The van der Waals surface area contributed by atoms with E-state index in [0.717, 1.165) is 30.5 Å². The fourth-order valence-electron chi connectivity index (χ4n) is 3.22. The van der Waals surface area contributed by atoms with E-state index in [1.807, 2.05) is 4.90 Å². The highest BCUT2D eigenvalue weighted by Gasteiger charge is 2.30. The molecule has 2 fully saturated rings. The number of piperazine rings is 1. The summed E-state index contributed by atoms with van der Waals surface area (Å²) in [5.41, 5.74) is 0. The number of hydrogen-bond acceptors (Lipinski definition) is 4. The number of amides is 1. The molecule has 2 aliphatic heterocycles. The molecule has 2 saturated heterocycles. The highest BCUT2D eigenvalue weighted by molar-refractivity contribution is 9.10. The Labute approximate surface area is 161 Å². The van der Waals surface area contributed by atoms with E-state index < -0.39 is 10.0 Å². The number of carbonyl (C=O) groups excluding carboxylic acids is 1. The molecule has 2 heterocycles. The van der Waals surface area contributed by atoms with Crippen LogP contribution in [-0.4, -0.2) is 74.2 Å². The molecule has 0 saturated carbocycles. The smallest absolute Gasteiger partial charge is 0.244 e. The topological polar surface area (TPSA) is 60.9 Å². The first-order valence-electron chi connectivity index (χ1n) is 8.33. The van der Waals surface area contributed by atoms with Crippen LogP contribution < -0.4 is 0 Å². The molecule has 0 N–H and O–H groups in total. The maximum Gasteiger partial charge on any atom is 0.244 e. The summed E-state index contributed by atoms with van der Waals surface area (Å²) in [4.78, 5) is 15.9. The molecule has 1 aromatic rings. The summed E-state index contributed by atoms with van der Waals surface area (Å²) in [6.45, 7) is 4.55. The maximum atomic E-state index is 12.8. The molecule has 1 amide bonds. The van der Waals surface area contributed by atoms with Crippen LogP contribution in [-0.2, 0) is 14.8 Å². The summed E-state index contributed by atoms with van der Waals surface area (Å²) >= 11 is 9.40. The normalized spacial score (nSPS) is 20.4. The van der Waals surface area contributed by atoms with E-state index >= 15 is 0 Å². The Hall–Kier alpha value is -0.670. The number of nitrogens with zero attached hydrogens (tertiary/aromatic N) is 3. The molecule has 0 spiro atoms. The van der Waals surface area contributed by atoms with Crippen LogP contribution in [0.3, 0.4) is 0 Å². The van der Waals surface area contributed by atoms with Gasteiger partial charge < -0.3 is 4.90 Å². The highest BCUT2D eigenvalue weighted by atomic mass is 79.9. The summed E-state index contributed by atoms with van der Waals surface area (Å²) < 4.78 is 27.8. The van der Waals surface area contributed by atoms with Gasteiger partial charge in [0.05, 0.1) is 5.02 Å². The average Bonchev–Trinajstić information content (AvgIpc) is 2.98. The number of benzene rings is 1. The van der Waals surface area contributed by atoms with Crippen LogP contribution in [0.25, 0.3) is 0 Å². The molecule has 0 radical (unpaired) electrons. The predicted molar refractivity (Wildman–Crippen MR) is 100 cm³/mol. The van der Waals surface area contributed by atoms with Crippen molar-refractivity contribution in [3.8, 4) is 0 Å². The summed E-state index contributed by atoms with van der Waals surface area (Å²) in [7, 11) is -3.58. The summed E-state index contributed by atoms with van der Waals surface area (Å²) in [6.07, 6.45) is 1.60. The van der Waals surface area contributed by atoms with Crippen LogP contribution in [0, 0.1) is 0 Å². The number of halogens is 2. The standard InChI is InChI=1S/C16H21BrClN3O3S/c17-13-3-4-15(14(18)12-13)25(23,24)21-10-7-19(8-11-21)6-9-20-5-1-2-16(20)22/h3-4,12H,1-2,5-11H2. The van der Waals surface area contributed by atoms with Gasteiger partial charge in [-0.05, 0) is 24.6 Å². The molecule has 0 aliphatic carbocycles. The molecule has 6 nitrogen and oxygen atoms in total. The average molecular weight is 451 g/mol. The van der Waals surface area contributed by atoms with Gasteiger partial charge in [-0.1, -0.05) is 27.5 Å². The van der Waals surface area contributed by atoms with Gasteiger partial charge in [0.15, 0.2) is 0 Å². The third-order valence-corrected chi connectivity index (χ3v) is 7.58. The SMILES string of the molecule is O=C1CCCN1CCN1CCN(S(=O)(=O)c2ccc(Br)cc2Cl)CC1. The first kappa shape index (κ1) is 19.1. The summed E-state index contributed by atoms with van der Waals surface area (Å²) in [6, 6.07) is 4.81. The van der Waals surface area contributed by atoms with Gasteiger partial charge in [0, 0.05) is 56.7 Å². The zero-order chi connectivity index (χ0) is 18.0. The Balaban J connectivity index is 1.57. The lowest BCUT2D eigenvalue weighted by Gasteiger charge is -2.34. The highest BCUT2D eigenvalue weighted by Crippen LogP contribution is 2.28. The second kappa shape index (κ2) is 7.92. The predicted octanol–water partition coefficient (Wildman–Crippen LogP) is 2.03. The van der Waals surface area contributed by atoms with E-state index in [9.17, 15) is 13.2 Å². The zero-order valence-corrected chi connectivity index (χ0v) is 17.0. The molecule has 3 rings (SSSR count). The lowest BCUT2D eigenvalue weighted by molar-refractivity contribution is -0.127. The number of sulfonamides is 1. The summed E-state index contributed by atoms with van der Waals surface area (Å²) in [5, 5.41) is 0.226. The zero-order valence-electron chi connectivity index (χ0n) is 13.8. The van der Waals surface area contributed by atoms with Gasteiger partial charge in [0.1, 0.15) is 4.90 Å². The Morgan fingerprint density at radius 2 is 1.80 bits per heavy atom. The van der Waals surface area contributed by atoms with E-state index in [-0.39, 0.29) is 15.8 Å². The Morgan fingerprint density at radius 1 is 1.08 bits per heavy atom. The fraction of sp³-hybridized carbons (Fsp3) is 0.562. The minimum absolute atomic E-state index is 0.147. The molecular weight excluding hydrogens is 430 g/mol. The fourth-order valence-corrected chi connectivity index (χ4v) is 5.65. The van der Waals surface area contributed by atoms with Crippen molar-refractivity contribution in [2.45, 2.75) is 17.7 Å². The van der Waals surface area contributed by atoms with Gasteiger partial charge in [-0.25, -0.2) is 8.42 Å². The molecule has 0 bridgehead atoms. The van der Waals surface area contributed by atoms with E-state index in [2.05, 4.69) is 20.8 Å². The van der Waals surface area contributed by atoms with Gasteiger partial charge in [0.25, 0.3) is 0 Å². The van der Waals surface area contributed by atoms with Crippen LogP contribution in [0.4, 0.5) is 0 Å². The minimum Gasteiger partial charge on any atom is -0.341 e. The van der Waals surface area contributed by atoms with Crippen molar-refractivity contribution in [3.05, 3.63) is 27.7 Å². The van der Waals surface area contributed by atoms with E-state index in [0.29, 0.717) is 32.6 Å². The van der Waals surface area contributed by atoms with Crippen LogP contribution in [0.5, 0.6) is 0 Å². The van der Waals surface area contributed by atoms with Crippen molar-refractivity contribution in [2.75, 3.05) is 45.8 Å². The second-order valence-electron chi connectivity index (χ2n) is 6.30. The van der Waals surface area contributed by atoms with Crippen molar-refractivity contribution in [3.63, 3.8) is 0 Å². The van der Waals surface area contributed by atoms with Crippen molar-refractivity contribution in [2.24, 2.45) is 0 Å². The molecule has 0 aromatic heterocycles. The van der Waals surface area contributed by atoms with Crippen LogP contribution in [0.2, 0.25) is 5.02 Å². The first-order valence-corrected chi connectivity index (χ1v) is 10.9. The largest absolute Gasteiger partial charge is 0.341 e. The molecular formula is C16H21BrClN3O3S. The number of hydrogen-bond donors (Lipinski definition) is 0. The van der Waals surface area contributed by atoms with Crippen molar-refractivity contribution < 1.29 is 13.2 Å². The molecule has 1 aromatic carbocycles. The van der Waals surface area contributed by atoms with Crippen LogP contribution >= 0.6 is 27.5 Å². The molecule has 138 valence electrons. The number of likely N-dealkylation sites (tertiary alicyclic amines) is 1. The lowest BCUT2D eigenvalue weighted by Crippen LogP contribution is -2.50. The Morgan fingerprint density at radius 3 is 2.40 bits per heavy atom. The lowest BCUT2D eigenvalue weighted by atomic mass is 10.3. The third kappa shape index (κ3) is 4.36. The molecule has 25 heavy (non-hydrogen) atoms. The number of rotatable bonds is 5. The molecule has 9 heteroatoms. The third-order valence-electron chi connectivity index (χ3n) is 4.70.